The van der Waals surface area contributed by atoms with E-state index in [0.29, 0.717) is 19.0 Å². The van der Waals surface area contributed by atoms with E-state index >= 15 is 0 Å². The Kier molecular flexibility index (Phi) is 6.28. The first-order valence-corrected chi connectivity index (χ1v) is 10.3. The van der Waals surface area contributed by atoms with Crippen LogP contribution in [0.1, 0.15) is 31.2 Å². The summed E-state index contributed by atoms with van der Waals surface area (Å²) in [7, 11) is 0. The second kappa shape index (κ2) is 9.03. The zero-order valence-electron chi connectivity index (χ0n) is 17.8. The lowest BCUT2D eigenvalue weighted by Crippen LogP contribution is -2.34. The molecule has 3 aromatic heterocycles. The number of rotatable bonds is 4. The van der Waals surface area contributed by atoms with Crippen LogP contribution in [0.3, 0.4) is 0 Å². The topological polar surface area (TPSA) is 79.7 Å². The average Bonchev–Trinajstić information content (AvgIpc) is 2.78. The van der Waals surface area contributed by atoms with Gasteiger partial charge in [0.15, 0.2) is 5.82 Å². The molecule has 0 spiro atoms. The zero-order chi connectivity index (χ0) is 24.5. The molecule has 1 N–H and O–H groups in total. The van der Waals surface area contributed by atoms with Crippen LogP contribution in [0.4, 0.5) is 43.9 Å². The van der Waals surface area contributed by atoms with Crippen molar-refractivity contribution in [1.29, 1.82) is 0 Å². The van der Waals surface area contributed by atoms with Gasteiger partial charge in [0.1, 0.15) is 17.1 Å². The fourth-order valence-corrected chi connectivity index (χ4v) is 3.39. The Bertz CT molecular complexity index is 1160. The number of hydrogen-bond acceptors (Lipinski definition) is 7. The minimum atomic E-state index is -4.67. The quantitative estimate of drug-likeness (QED) is 0.502. The lowest BCUT2D eigenvalue weighted by Gasteiger charge is -2.30. The van der Waals surface area contributed by atoms with Crippen LogP contribution in [-0.2, 0) is 12.4 Å². The van der Waals surface area contributed by atoms with Crippen molar-refractivity contribution in [2.75, 3.05) is 23.3 Å². The van der Waals surface area contributed by atoms with E-state index in [9.17, 15) is 26.3 Å². The molecule has 13 heteroatoms. The van der Waals surface area contributed by atoms with E-state index in [4.69, 9.17) is 0 Å². The van der Waals surface area contributed by atoms with Gasteiger partial charge in [-0.25, -0.2) is 4.98 Å². The van der Waals surface area contributed by atoms with Crippen LogP contribution in [-0.4, -0.2) is 38.0 Å². The van der Waals surface area contributed by atoms with Crippen molar-refractivity contribution in [3.05, 3.63) is 47.9 Å². The Morgan fingerprint density at radius 2 is 1.59 bits per heavy atom. The van der Waals surface area contributed by atoms with Gasteiger partial charge in [-0.2, -0.15) is 41.3 Å². The smallest absolute Gasteiger partial charge is 0.341 e. The Balaban J connectivity index is 1.74. The van der Waals surface area contributed by atoms with Crippen LogP contribution in [0, 0.1) is 5.92 Å². The molecule has 0 aliphatic carbocycles. The molecule has 0 atom stereocenters. The summed E-state index contributed by atoms with van der Waals surface area (Å²) in [6.07, 6.45) is -6.61. The maximum atomic E-state index is 13.2. The van der Waals surface area contributed by atoms with E-state index in [2.05, 4.69) is 37.2 Å². The molecule has 180 valence electrons. The molecule has 1 saturated heterocycles. The minimum absolute atomic E-state index is 0.00897. The molecule has 0 unspecified atom stereocenters. The van der Waals surface area contributed by atoms with Gasteiger partial charge in [0.25, 0.3) is 0 Å². The Labute approximate surface area is 190 Å². The van der Waals surface area contributed by atoms with Crippen molar-refractivity contribution in [1.82, 2.24) is 24.9 Å². The standard InChI is InChI=1S/C21H19F6N7/c1-12-6-9-34(10-7-12)19-32-17(14-3-2-4-15(30-14)20(22,23)24)31-18(33-19)29-13-5-8-28-16(11-13)21(25,26)27/h2-5,8,11-12H,6-7,9-10H2,1H3,(H,28,29,31,32,33). The normalized spacial score (nSPS) is 15.4. The number of aromatic nitrogens is 5. The molecule has 0 saturated carbocycles. The highest BCUT2D eigenvalue weighted by atomic mass is 19.4. The number of pyridine rings is 2. The zero-order valence-corrected chi connectivity index (χ0v) is 17.8. The van der Waals surface area contributed by atoms with Crippen LogP contribution in [0.2, 0.25) is 0 Å². The monoisotopic (exact) mass is 483 g/mol. The molecule has 0 bridgehead atoms. The van der Waals surface area contributed by atoms with Gasteiger partial charge in [-0.15, -0.1) is 0 Å². The number of piperidine rings is 1. The summed E-state index contributed by atoms with van der Waals surface area (Å²) in [5.74, 6) is 0.432. The highest BCUT2D eigenvalue weighted by molar-refractivity contribution is 5.59. The summed E-state index contributed by atoms with van der Waals surface area (Å²) in [5, 5.41) is 2.68. The number of anilines is 3. The van der Waals surface area contributed by atoms with Crippen LogP contribution in [0.25, 0.3) is 11.5 Å². The third-order valence-corrected chi connectivity index (χ3v) is 5.27. The first kappa shape index (κ1) is 23.6. The van der Waals surface area contributed by atoms with Gasteiger partial charge in [0, 0.05) is 25.0 Å². The average molecular weight is 483 g/mol. The summed E-state index contributed by atoms with van der Waals surface area (Å²) >= 11 is 0. The predicted octanol–water partition coefficient (Wildman–Crippen LogP) is 5.35. The predicted molar refractivity (Wildman–Crippen MR) is 111 cm³/mol. The molecule has 4 rings (SSSR count). The summed E-state index contributed by atoms with van der Waals surface area (Å²) in [6.45, 7) is 3.35. The first-order valence-electron chi connectivity index (χ1n) is 10.3. The highest BCUT2D eigenvalue weighted by Crippen LogP contribution is 2.31. The summed E-state index contributed by atoms with van der Waals surface area (Å²) < 4.78 is 78.6. The highest BCUT2D eigenvalue weighted by Gasteiger charge is 2.33. The number of hydrogen-bond donors (Lipinski definition) is 1. The van der Waals surface area contributed by atoms with Gasteiger partial charge in [-0.3, -0.25) is 4.98 Å². The summed E-state index contributed by atoms with van der Waals surface area (Å²) in [4.78, 5) is 21.5. The lowest BCUT2D eigenvalue weighted by atomic mass is 10.00. The van der Waals surface area contributed by atoms with E-state index < -0.39 is 23.7 Å². The Hall–Kier alpha value is -3.51. The Morgan fingerprint density at radius 3 is 2.26 bits per heavy atom. The van der Waals surface area contributed by atoms with Crippen molar-refractivity contribution < 1.29 is 26.3 Å². The maximum absolute atomic E-state index is 13.2. The Morgan fingerprint density at radius 1 is 0.882 bits per heavy atom. The molecule has 4 heterocycles. The molecule has 0 radical (unpaired) electrons. The molecule has 7 nitrogen and oxygen atoms in total. The van der Waals surface area contributed by atoms with Crippen LogP contribution >= 0.6 is 0 Å². The van der Waals surface area contributed by atoms with Crippen LogP contribution in [0.5, 0.6) is 0 Å². The fraction of sp³-hybridized carbons (Fsp3) is 0.381. The number of nitrogens with one attached hydrogen (secondary N) is 1. The van der Waals surface area contributed by atoms with Gasteiger partial charge >= 0.3 is 12.4 Å². The van der Waals surface area contributed by atoms with Crippen molar-refractivity contribution in [3.63, 3.8) is 0 Å². The van der Waals surface area contributed by atoms with E-state index in [0.717, 1.165) is 31.2 Å². The van der Waals surface area contributed by atoms with E-state index in [1.807, 2.05) is 4.90 Å². The SMILES string of the molecule is CC1CCN(c2nc(Nc3ccnc(C(F)(F)F)c3)nc(-c3cccc(C(F)(F)F)n3)n2)CC1. The third-order valence-electron chi connectivity index (χ3n) is 5.27. The molecule has 0 amide bonds. The van der Waals surface area contributed by atoms with E-state index in [-0.39, 0.29) is 29.1 Å². The van der Waals surface area contributed by atoms with Gasteiger partial charge in [-0.05, 0) is 43.0 Å². The van der Waals surface area contributed by atoms with Gasteiger partial charge in [0.2, 0.25) is 11.9 Å². The second-order valence-corrected chi connectivity index (χ2v) is 7.91. The molecule has 34 heavy (non-hydrogen) atoms. The van der Waals surface area contributed by atoms with Crippen molar-refractivity contribution in [2.45, 2.75) is 32.1 Å². The first-order chi connectivity index (χ1) is 16.0. The van der Waals surface area contributed by atoms with Crippen LogP contribution in [0.15, 0.2) is 36.5 Å². The summed E-state index contributed by atoms with van der Waals surface area (Å²) in [6, 6.07) is 5.41. The largest absolute Gasteiger partial charge is 0.433 e. The van der Waals surface area contributed by atoms with Crippen molar-refractivity contribution >= 4 is 17.6 Å². The molecule has 3 aromatic rings. The van der Waals surface area contributed by atoms with Gasteiger partial charge in [-0.1, -0.05) is 13.0 Å². The van der Waals surface area contributed by atoms with E-state index in [1.165, 1.54) is 18.2 Å². The lowest BCUT2D eigenvalue weighted by molar-refractivity contribution is -0.141. The molecular formula is C21H19F6N7. The van der Waals surface area contributed by atoms with Gasteiger partial charge < -0.3 is 10.2 Å². The fourth-order valence-electron chi connectivity index (χ4n) is 3.39. The maximum Gasteiger partial charge on any atom is 0.433 e. The number of alkyl halides is 6. The van der Waals surface area contributed by atoms with Crippen molar-refractivity contribution in [2.24, 2.45) is 5.92 Å². The number of nitrogens with zero attached hydrogens (tertiary/aromatic N) is 6. The third kappa shape index (κ3) is 5.51. The minimum Gasteiger partial charge on any atom is -0.341 e. The summed E-state index contributed by atoms with van der Waals surface area (Å²) in [5.41, 5.74) is -2.36. The molecule has 1 aliphatic rings. The van der Waals surface area contributed by atoms with Crippen LogP contribution < -0.4 is 10.2 Å². The molecule has 1 fully saturated rings. The molecule has 1 aliphatic heterocycles. The molecule has 0 aromatic carbocycles. The molecular weight excluding hydrogens is 464 g/mol. The van der Waals surface area contributed by atoms with Gasteiger partial charge in [0.05, 0.1) is 0 Å². The number of halogens is 6. The second-order valence-electron chi connectivity index (χ2n) is 7.91. The van der Waals surface area contributed by atoms with Crippen molar-refractivity contribution in [3.8, 4) is 11.5 Å². The van der Waals surface area contributed by atoms with E-state index in [1.54, 1.807) is 0 Å².